The third kappa shape index (κ3) is 4.74. The van der Waals surface area contributed by atoms with E-state index in [2.05, 4.69) is 0 Å². The van der Waals surface area contributed by atoms with Crippen LogP contribution in [0, 0.1) is 0 Å². The molecule has 0 aliphatic carbocycles. The van der Waals surface area contributed by atoms with Crippen LogP contribution in [0.3, 0.4) is 0 Å². The van der Waals surface area contributed by atoms with Crippen molar-refractivity contribution in [3.8, 4) is 0 Å². The number of halogens is 1. The Labute approximate surface area is 131 Å². The molecule has 1 rings (SSSR count). The van der Waals surface area contributed by atoms with E-state index in [0.29, 0.717) is 6.42 Å². The summed E-state index contributed by atoms with van der Waals surface area (Å²) in [5.74, 6) is -0.704. The summed E-state index contributed by atoms with van der Waals surface area (Å²) in [7, 11) is 0. The molecule has 21 heavy (non-hydrogen) atoms. The molecule has 0 aromatic heterocycles. The Morgan fingerprint density at radius 1 is 1.24 bits per heavy atom. The second-order valence-electron chi connectivity index (χ2n) is 4.59. The van der Waals surface area contributed by atoms with Crippen LogP contribution in [0.25, 0.3) is 0 Å². The molecule has 4 nitrogen and oxygen atoms in total. The molecule has 0 bridgehead atoms. The van der Waals surface area contributed by atoms with Crippen molar-refractivity contribution in [2.24, 2.45) is 0 Å². The van der Waals surface area contributed by atoms with Gasteiger partial charge in [0.05, 0.1) is 6.61 Å². The van der Waals surface area contributed by atoms with Crippen molar-refractivity contribution >= 4 is 29.2 Å². The summed E-state index contributed by atoms with van der Waals surface area (Å²) < 4.78 is 4.96. The van der Waals surface area contributed by atoms with Crippen LogP contribution in [-0.4, -0.2) is 30.4 Å². The minimum Gasteiger partial charge on any atom is -0.465 e. The maximum atomic E-state index is 12.5. The first-order chi connectivity index (χ1) is 10.0. The zero-order valence-electron chi connectivity index (χ0n) is 12.8. The van der Waals surface area contributed by atoms with Gasteiger partial charge < -0.3 is 4.74 Å². The molecule has 0 spiro atoms. The first-order valence-corrected chi connectivity index (χ1v) is 7.67. The van der Waals surface area contributed by atoms with Gasteiger partial charge in [-0.3, -0.25) is 14.5 Å². The van der Waals surface area contributed by atoms with Gasteiger partial charge in [0.1, 0.15) is 11.9 Å². The Bertz CT molecular complexity index is 490. The molecule has 5 heteroatoms. The molecule has 0 aliphatic heterocycles. The van der Waals surface area contributed by atoms with Crippen molar-refractivity contribution in [2.45, 2.75) is 39.0 Å². The molecule has 0 N–H and O–H groups in total. The predicted octanol–water partition coefficient (Wildman–Crippen LogP) is 3.16. The van der Waals surface area contributed by atoms with Gasteiger partial charge in [-0.25, -0.2) is 0 Å². The average molecular weight is 312 g/mol. The molecule has 0 heterocycles. The largest absolute Gasteiger partial charge is 0.465 e. The number of aryl methyl sites for hydroxylation is 1. The number of alkyl halides is 1. The van der Waals surface area contributed by atoms with Crippen LogP contribution < -0.4 is 4.90 Å². The monoisotopic (exact) mass is 311 g/mol. The van der Waals surface area contributed by atoms with Crippen molar-refractivity contribution < 1.29 is 14.3 Å². The summed E-state index contributed by atoms with van der Waals surface area (Å²) >= 11 is 6.07. The molecule has 1 unspecified atom stereocenters. The fourth-order valence-corrected chi connectivity index (χ4v) is 2.15. The van der Waals surface area contributed by atoms with Crippen LogP contribution in [0.15, 0.2) is 24.3 Å². The number of ether oxygens (including phenoxy) is 1. The lowest BCUT2D eigenvalue weighted by Gasteiger charge is -2.26. The first-order valence-electron chi connectivity index (χ1n) is 7.24. The van der Waals surface area contributed by atoms with E-state index in [9.17, 15) is 9.59 Å². The quantitative estimate of drug-likeness (QED) is 0.574. The summed E-state index contributed by atoms with van der Waals surface area (Å²) in [5.41, 5.74) is 1.72. The lowest BCUT2D eigenvalue weighted by molar-refractivity contribution is -0.142. The number of hydrogen-bond donors (Lipinski definition) is 0. The number of amides is 1. The summed E-state index contributed by atoms with van der Waals surface area (Å²) in [6.07, 6.45) is 1.27. The molecule has 0 radical (unpaired) electrons. The van der Waals surface area contributed by atoms with Crippen molar-refractivity contribution in [1.82, 2.24) is 0 Å². The maximum Gasteiger partial charge on any atom is 0.326 e. The Morgan fingerprint density at radius 3 is 2.48 bits per heavy atom. The second kappa shape index (κ2) is 8.67. The highest BCUT2D eigenvalue weighted by molar-refractivity contribution is 6.33. The SMILES string of the molecule is CCOC(=O)CN(C(=O)C(Cl)CC)c1ccccc1CC. The number of carbonyl (C=O) groups excluding carboxylic acids is 2. The van der Waals surface area contributed by atoms with E-state index >= 15 is 0 Å². The first kappa shape index (κ1) is 17.5. The summed E-state index contributed by atoms with van der Waals surface area (Å²) in [6, 6.07) is 7.52. The van der Waals surface area contributed by atoms with Crippen LogP contribution >= 0.6 is 11.6 Å². The van der Waals surface area contributed by atoms with Gasteiger partial charge in [-0.1, -0.05) is 32.0 Å². The third-order valence-corrected chi connectivity index (χ3v) is 3.64. The Morgan fingerprint density at radius 2 is 1.90 bits per heavy atom. The van der Waals surface area contributed by atoms with Gasteiger partial charge in [-0.2, -0.15) is 0 Å². The highest BCUT2D eigenvalue weighted by Gasteiger charge is 2.26. The number of hydrogen-bond acceptors (Lipinski definition) is 3. The highest BCUT2D eigenvalue weighted by atomic mass is 35.5. The molecule has 0 saturated heterocycles. The lowest BCUT2D eigenvalue weighted by atomic mass is 10.1. The van der Waals surface area contributed by atoms with Gasteiger partial charge in [-0.05, 0) is 31.4 Å². The zero-order chi connectivity index (χ0) is 15.8. The predicted molar refractivity (Wildman–Crippen MR) is 84.7 cm³/mol. The molecule has 1 aromatic rings. The van der Waals surface area contributed by atoms with Crippen LogP contribution in [0.2, 0.25) is 0 Å². The van der Waals surface area contributed by atoms with Gasteiger partial charge in [0.2, 0.25) is 5.91 Å². The molecule has 0 fully saturated rings. The number of anilines is 1. The van der Waals surface area contributed by atoms with E-state index in [4.69, 9.17) is 16.3 Å². The van der Waals surface area contributed by atoms with Gasteiger partial charge in [0, 0.05) is 5.69 Å². The van der Waals surface area contributed by atoms with Gasteiger partial charge in [-0.15, -0.1) is 11.6 Å². The fraction of sp³-hybridized carbons (Fsp3) is 0.500. The number of nitrogens with zero attached hydrogens (tertiary/aromatic N) is 1. The smallest absolute Gasteiger partial charge is 0.326 e. The average Bonchev–Trinajstić information content (AvgIpc) is 2.51. The highest BCUT2D eigenvalue weighted by Crippen LogP contribution is 2.23. The lowest BCUT2D eigenvalue weighted by Crippen LogP contribution is -2.41. The van der Waals surface area contributed by atoms with E-state index in [-0.39, 0.29) is 19.1 Å². The normalized spacial score (nSPS) is 11.8. The standard InChI is InChI=1S/C16H22ClNO3/c1-4-12-9-7-8-10-14(12)18(11-15(19)21-6-3)16(20)13(17)5-2/h7-10,13H,4-6,11H2,1-3H3. The molecule has 0 saturated carbocycles. The topological polar surface area (TPSA) is 46.6 Å². The van der Waals surface area contributed by atoms with Gasteiger partial charge in [0.25, 0.3) is 0 Å². The van der Waals surface area contributed by atoms with Crippen LogP contribution in [0.1, 0.15) is 32.8 Å². The summed E-state index contributed by atoms with van der Waals surface area (Å²) in [6.45, 7) is 5.75. The summed E-state index contributed by atoms with van der Waals surface area (Å²) in [5, 5.41) is -0.649. The van der Waals surface area contributed by atoms with E-state index in [1.165, 1.54) is 4.90 Å². The minimum atomic E-state index is -0.649. The van der Waals surface area contributed by atoms with Crippen LogP contribution in [0.4, 0.5) is 5.69 Å². The molecule has 116 valence electrons. The van der Waals surface area contributed by atoms with E-state index in [1.54, 1.807) is 6.92 Å². The van der Waals surface area contributed by atoms with E-state index in [1.807, 2.05) is 38.1 Å². The van der Waals surface area contributed by atoms with Gasteiger partial charge in [0.15, 0.2) is 0 Å². The van der Waals surface area contributed by atoms with Crippen molar-refractivity contribution in [1.29, 1.82) is 0 Å². The Kier molecular flexibility index (Phi) is 7.23. The number of esters is 1. The van der Waals surface area contributed by atoms with Crippen molar-refractivity contribution in [3.63, 3.8) is 0 Å². The Balaban J connectivity index is 3.11. The van der Waals surface area contributed by atoms with Crippen LogP contribution in [-0.2, 0) is 20.7 Å². The summed E-state index contributed by atoms with van der Waals surface area (Å²) in [4.78, 5) is 25.7. The molecule has 0 aliphatic rings. The van der Waals surface area contributed by atoms with Crippen LogP contribution in [0.5, 0.6) is 0 Å². The number of carbonyl (C=O) groups is 2. The number of rotatable bonds is 7. The number of benzene rings is 1. The van der Waals surface area contributed by atoms with Gasteiger partial charge >= 0.3 is 5.97 Å². The van der Waals surface area contributed by atoms with E-state index in [0.717, 1.165) is 17.7 Å². The zero-order valence-corrected chi connectivity index (χ0v) is 13.5. The molecule has 1 atom stereocenters. The van der Waals surface area contributed by atoms with Crippen molar-refractivity contribution in [3.05, 3.63) is 29.8 Å². The molecule has 1 aromatic carbocycles. The van der Waals surface area contributed by atoms with Crippen molar-refractivity contribution in [2.75, 3.05) is 18.1 Å². The fourth-order valence-electron chi connectivity index (χ4n) is 2.03. The molecular formula is C16H22ClNO3. The second-order valence-corrected chi connectivity index (χ2v) is 5.11. The third-order valence-electron chi connectivity index (χ3n) is 3.15. The molecule has 1 amide bonds. The maximum absolute atomic E-state index is 12.5. The minimum absolute atomic E-state index is 0.118. The number of para-hydroxylation sites is 1. The Hall–Kier alpha value is -1.55. The van der Waals surface area contributed by atoms with E-state index < -0.39 is 11.3 Å². The molecular weight excluding hydrogens is 290 g/mol.